The third-order valence-electron chi connectivity index (χ3n) is 5.74. The second-order valence-electron chi connectivity index (χ2n) is 9.84. The van der Waals surface area contributed by atoms with E-state index in [1.807, 2.05) is 41.7 Å². The van der Waals surface area contributed by atoms with Crippen LogP contribution in [-0.2, 0) is 9.59 Å². The highest BCUT2D eigenvalue weighted by Gasteiger charge is 2.40. The minimum absolute atomic E-state index is 0.0775. The largest absolute Gasteiger partial charge is 0.513 e. The van der Waals surface area contributed by atoms with Crippen LogP contribution in [0.1, 0.15) is 61.3 Å². The molecule has 0 aromatic rings. The zero-order chi connectivity index (χ0) is 21.8. The molecule has 162 valence electrons. The van der Waals surface area contributed by atoms with Gasteiger partial charge in [0.1, 0.15) is 6.04 Å². The molecule has 1 aliphatic rings. The second kappa shape index (κ2) is 9.77. The van der Waals surface area contributed by atoms with Gasteiger partial charge in [-0.05, 0) is 56.7 Å². The number of hydrogen-bond donors (Lipinski definition) is 2. The highest BCUT2D eigenvalue weighted by molar-refractivity contribution is 5.90. The molecule has 0 radical (unpaired) electrons. The van der Waals surface area contributed by atoms with E-state index < -0.39 is 11.5 Å². The van der Waals surface area contributed by atoms with Gasteiger partial charge in [0.05, 0.1) is 17.8 Å². The summed E-state index contributed by atoms with van der Waals surface area (Å²) in [5.41, 5.74) is -0.434. The van der Waals surface area contributed by atoms with Crippen molar-refractivity contribution in [1.82, 2.24) is 15.1 Å². The third-order valence-corrected chi connectivity index (χ3v) is 5.74. The first-order chi connectivity index (χ1) is 12.8. The molecule has 0 aromatic heterocycles. The van der Waals surface area contributed by atoms with Crippen LogP contribution in [0, 0.1) is 17.3 Å². The topological polar surface area (TPSA) is 72.9 Å². The lowest BCUT2D eigenvalue weighted by Crippen LogP contribution is -2.60. The monoisotopic (exact) mass is 395 g/mol. The Morgan fingerprint density at radius 2 is 1.86 bits per heavy atom. The molecule has 1 fully saturated rings. The van der Waals surface area contributed by atoms with Crippen LogP contribution in [0.4, 0.5) is 0 Å². The predicted molar refractivity (Wildman–Crippen MR) is 114 cm³/mol. The molecule has 0 spiro atoms. The first kappa shape index (κ1) is 24.5. The van der Waals surface area contributed by atoms with Crippen molar-refractivity contribution < 1.29 is 14.7 Å². The fourth-order valence-electron chi connectivity index (χ4n) is 4.08. The molecule has 1 heterocycles. The van der Waals surface area contributed by atoms with Gasteiger partial charge < -0.3 is 15.3 Å². The standard InChI is InChI=1S/C22H41N3O3/c1-14(2)17(13-16(4)26)25(9)21(28)19(22(5,6)7)23-20(27)18-15(3)11-10-12-24(18)8/h13-15,17-19,26H,10-12H2,1-9H3,(H,23,27)/b16-13+/t15?,17-,18?,19-/m1/s1. The lowest BCUT2D eigenvalue weighted by Gasteiger charge is -2.40. The molecule has 6 nitrogen and oxygen atoms in total. The van der Waals surface area contributed by atoms with Crippen LogP contribution in [0.15, 0.2) is 11.8 Å². The van der Waals surface area contributed by atoms with Crippen molar-refractivity contribution in [3.8, 4) is 0 Å². The summed E-state index contributed by atoms with van der Waals surface area (Å²) in [6.45, 7) is 14.5. The Bertz CT molecular complexity index is 566. The maximum absolute atomic E-state index is 13.4. The number of aliphatic hydroxyl groups is 1. The van der Waals surface area contributed by atoms with E-state index in [4.69, 9.17) is 0 Å². The van der Waals surface area contributed by atoms with E-state index in [1.165, 1.54) is 0 Å². The van der Waals surface area contributed by atoms with Gasteiger partial charge in [-0.1, -0.05) is 41.5 Å². The number of likely N-dealkylation sites (tertiary alicyclic amines) is 1. The highest BCUT2D eigenvalue weighted by atomic mass is 16.3. The van der Waals surface area contributed by atoms with Gasteiger partial charge in [-0.25, -0.2) is 0 Å². The van der Waals surface area contributed by atoms with Gasteiger partial charge >= 0.3 is 0 Å². The number of hydrogen-bond acceptors (Lipinski definition) is 4. The Balaban J connectivity index is 3.09. The van der Waals surface area contributed by atoms with Crippen LogP contribution in [-0.4, -0.2) is 65.5 Å². The summed E-state index contributed by atoms with van der Waals surface area (Å²) < 4.78 is 0. The molecular formula is C22H41N3O3. The maximum Gasteiger partial charge on any atom is 0.245 e. The molecule has 2 N–H and O–H groups in total. The Morgan fingerprint density at radius 1 is 1.29 bits per heavy atom. The summed E-state index contributed by atoms with van der Waals surface area (Å²) in [5, 5.41) is 12.8. The Hall–Kier alpha value is -1.56. The molecule has 0 aliphatic carbocycles. The van der Waals surface area contributed by atoms with Crippen molar-refractivity contribution in [2.75, 3.05) is 20.6 Å². The average Bonchev–Trinajstić information content (AvgIpc) is 2.54. The molecular weight excluding hydrogens is 354 g/mol. The fourth-order valence-corrected chi connectivity index (χ4v) is 4.08. The molecule has 2 unspecified atom stereocenters. The number of carbonyl (C=O) groups is 2. The van der Waals surface area contributed by atoms with Crippen molar-refractivity contribution in [2.24, 2.45) is 17.3 Å². The first-order valence-corrected chi connectivity index (χ1v) is 10.4. The molecule has 2 amide bonds. The minimum atomic E-state index is -0.638. The number of allylic oxidation sites excluding steroid dienone is 1. The van der Waals surface area contributed by atoms with Gasteiger partial charge in [-0.2, -0.15) is 0 Å². The van der Waals surface area contributed by atoms with Crippen LogP contribution in [0.3, 0.4) is 0 Å². The smallest absolute Gasteiger partial charge is 0.245 e. The fraction of sp³-hybridized carbons (Fsp3) is 0.818. The highest BCUT2D eigenvalue weighted by Crippen LogP contribution is 2.26. The SMILES string of the molecule is C/C(O)=C\[C@H](C(C)C)N(C)C(=O)[C@@H](NC(=O)C1C(C)CCCN1C)C(C)(C)C. The average molecular weight is 396 g/mol. The lowest BCUT2D eigenvalue weighted by atomic mass is 9.84. The summed E-state index contributed by atoms with van der Waals surface area (Å²) in [6.07, 6.45) is 3.81. The van der Waals surface area contributed by atoms with Crippen LogP contribution in [0.5, 0.6) is 0 Å². The van der Waals surface area contributed by atoms with Crippen molar-refractivity contribution in [1.29, 1.82) is 0 Å². The molecule has 4 atom stereocenters. The third kappa shape index (κ3) is 6.23. The number of piperidine rings is 1. The van der Waals surface area contributed by atoms with Crippen LogP contribution >= 0.6 is 0 Å². The van der Waals surface area contributed by atoms with Crippen molar-refractivity contribution in [2.45, 2.75) is 79.4 Å². The number of carbonyl (C=O) groups excluding carboxylic acids is 2. The van der Waals surface area contributed by atoms with E-state index in [0.717, 1.165) is 19.4 Å². The van der Waals surface area contributed by atoms with E-state index in [-0.39, 0.29) is 41.5 Å². The molecule has 1 rings (SSSR count). The lowest BCUT2D eigenvalue weighted by molar-refractivity contribution is -0.142. The summed E-state index contributed by atoms with van der Waals surface area (Å²) in [4.78, 5) is 30.2. The molecule has 0 bridgehead atoms. The van der Waals surface area contributed by atoms with Crippen molar-refractivity contribution in [3.63, 3.8) is 0 Å². The molecule has 6 heteroatoms. The number of amides is 2. The second-order valence-corrected chi connectivity index (χ2v) is 9.84. The molecule has 1 saturated heterocycles. The van der Waals surface area contributed by atoms with Crippen LogP contribution in [0.25, 0.3) is 0 Å². The van der Waals surface area contributed by atoms with Crippen molar-refractivity contribution >= 4 is 11.8 Å². The van der Waals surface area contributed by atoms with Crippen molar-refractivity contribution in [3.05, 3.63) is 11.8 Å². The number of aliphatic hydroxyl groups excluding tert-OH is 1. The van der Waals surface area contributed by atoms with Crippen LogP contribution < -0.4 is 5.32 Å². The Morgan fingerprint density at radius 3 is 2.29 bits per heavy atom. The van der Waals surface area contributed by atoms with Gasteiger partial charge in [-0.3, -0.25) is 14.5 Å². The van der Waals surface area contributed by atoms with Crippen LogP contribution in [0.2, 0.25) is 0 Å². The Labute approximate surface area is 171 Å². The summed E-state index contributed by atoms with van der Waals surface area (Å²) in [5.74, 6) is 0.370. The number of rotatable bonds is 6. The first-order valence-electron chi connectivity index (χ1n) is 10.4. The summed E-state index contributed by atoms with van der Waals surface area (Å²) >= 11 is 0. The van der Waals surface area contributed by atoms with E-state index in [0.29, 0.717) is 0 Å². The quantitative estimate of drug-likeness (QED) is 0.678. The summed E-state index contributed by atoms with van der Waals surface area (Å²) in [6, 6.07) is -1.09. The Kier molecular flexibility index (Phi) is 8.54. The molecule has 0 saturated carbocycles. The van der Waals surface area contributed by atoms with E-state index >= 15 is 0 Å². The van der Waals surface area contributed by atoms with Gasteiger partial charge in [0.15, 0.2) is 0 Å². The predicted octanol–water partition coefficient (Wildman–Crippen LogP) is 3.19. The number of nitrogens with zero attached hydrogens (tertiary/aromatic N) is 2. The van der Waals surface area contributed by atoms with Gasteiger partial charge in [0.25, 0.3) is 0 Å². The van der Waals surface area contributed by atoms with Gasteiger partial charge in [0.2, 0.25) is 11.8 Å². The van der Waals surface area contributed by atoms with E-state index in [2.05, 4.69) is 17.1 Å². The number of likely N-dealkylation sites (N-methyl/N-ethyl adjacent to an activating group) is 2. The molecule has 28 heavy (non-hydrogen) atoms. The number of nitrogens with one attached hydrogen (secondary N) is 1. The maximum atomic E-state index is 13.4. The molecule has 0 aromatic carbocycles. The van der Waals surface area contributed by atoms with E-state index in [1.54, 1.807) is 24.9 Å². The minimum Gasteiger partial charge on any atom is -0.513 e. The molecule has 1 aliphatic heterocycles. The summed E-state index contributed by atoms with van der Waals surface area (Å²) in [7, 11) is 3.72. The van der Waals surface area contributed by atoms with Gasteiger partial charge in [0, 0.05) is 7.05 Å². The zero-order valence-electron chi connectivity index (χ0n) is 19.2. The van der Waals surface area contributed by atoms with Gasteiger partial charge in [-0.15, -0.1) is 0 Å². The zero-order valence-corrected chi connectivity index (χ0v) is 19.2. The normalized spacial score (nSPS) is 24.0. The van der Waals surface area contributed by atoms with E-state index in [9.17, 15) is 14.7 Å².